The molecule has 0 aliphatic rings. The van der Waals surface area contributed by atoms with Gasteiger partial charge >= 0.3 is 5.97 Å². The Labute approximate surface area is 158 Å². The van der Waals surface area contributed by atoms with Crippen molar-refractivity contribution >= 4 is 40.5 Å². The van der Waals surface area contributed by atoms with Crippen LogP contribution in [0.4, 0.5) is 0 Å². The van der Waals surface area contributed by atoms with E-state index in [1.165, 1.54) is 12.1 Å². The Morgan fingerprint density at radius 2 is 1.92 bits per heavy atom. The molecule has 1 amide bonds. The first-order valence-electron chi connectivity index (χ1n) is 7.39. The number of aromatic hydroxyl groups is 1. The number of carbonyl (C=O) groups is 2. The highest BCUT2D eigenvalue weighted by Crippen LogP contribution is 2.33. The van der Waals surface area contributed by atoms with Crippen LogP contribution >= 0.6 is 22.6 Å². The second-order valence-corrected chi connectivity index (χ2v) is 6.13. The Morgan fingerprint density at radius 3 is 2.52 bits per heavy atom. The van der Waals surface area contributed by atoms with Gasteiger partial charge < -0.3 is 20.3 Å². The topological polar surface area (TPSA) is 95.9 Å². The highest BCUT2D eigenvalue weighted by Gasteiger charge is 2.15. The second-order valence-electron chi connectivity index (χ2n) is 4.97. The van der Waals surface area contributed by atoms with Gasteiger partial charge in [0.05, 0.1) is 10.2 Å². The van der Waals surface area contributed by atoms with Crippen LogP contribution in [-0.4, -0.2) is 28.7 Å². The fraction of sp³-hybridized carbons (Fsp3) is 0.111. The van der Waals surface area contributed by atoms with Crippen LogP contribution in [0.3, 0.4) is 0 Å². The summed E-state index contributed by atoms with van der Waals surface area (Å²) in [5, 5.41) is 21.7. The summed E-state index contributed by atoms with van der Waals surface area (Å²) in [6.45, 7) is 2.13. The van der Waals surface area contributed by atoms with Gasteiger partial charge in [-0.15, -0.1) is 0 Å². The number of carboxylic acids is 1. The Morgan fingerprint density at radius 1 is 1.24 bits per heavy atom. The highest BCUT2D eigenvalue weighted by atomic mass is 127. The number of carbonyl (C=O) groups excluding carboxylic acids is 1. The van der Waals surface area contributed by atoms with E-state index in [-0.39, 0.29) is 17.2 Å². The highest BCUT2D eigenvalue weighted by molar-refractivity contribution is 14.1. The normalized spacial score (nSPS) is 11.0. The molecule has 2 rings (SSSR count). The molecule has 2 aromatic carbocycles. The van der Waals surface area contributed by atoms with Gasteiger partial charge in [0.1, 0.15) is 5.70 Å². The van der Waals surface area contributed by atoms with Crippen molar-refractivity contribution in [1.29, 1.82) is 0 Å². The number of halogens is 1. The van der Waals surface area contributed by atoms with E-state index < -0.39 is 11.9 Å². The SMILES string of the molecule is CCOc1cc(/C=C(/NC(=O)c2ccccc2)C(=O)O)cc(I)c1O. The van der Waals surface area contributed by atoms with E-state index >= 15 is 0 Å². The number of hydrogen-bond donors (Lipinski definition) is 3. The summed E-state index contributed by atoms with van der Waals surface area (Å²) in [6, 6.07) is 11.4. The molecule has 0 aliphatic carbocycles. The molecule has 0 radical (unpaired) electrons. The third-order valence-corrected chi connectivity index (χ3v) is 4.00. The molecule has 0 heterocycles. The van der Waals surface area contributed by atoms with Gasteiger partial charge in [-0.2, -0.15) is 0 Å². The number of phenols is 1. The lowest BCUT2D eigenvalue weighted by Crippen LogP contribution is -2.27. The molecule has 3 N–H and O–H groups in total. The van der Waals surface area contributed by atoms with Gasteiger partial charge in [-0.3, -0.25) is 4.79 Å². The molecular formula is C18H16INO5. The van der Waals surface area contributed by atoms with E-state index in [9.17, 15) is 19.8 Å². The minimum Gasteiger partial charge on any atom is -0.504 e. The summed E-state index contributed by atoms with van der Waals surface area (Å²) in [6.07, 6.45) is 1.31. The van der Waals surface area contributed by atoms with Gasteiger partial charge in [-0.05, 0) is 65.4 Å². The maximum Gasteiger partial charge on any atom is 0.352 e. The molecule has 0 fully saturated rings. The zero-order chi connectivity index (χ0) is 18.4. The fourth-order valence-corrected chi connectivity index (χ4v) is 2.67. The van der Waals surface area contributed by atoms with Gasteiger partial charge in [-0.1, -0.05) is 18.2 Å². The van der Waals surface area contributed by atoms with Gasteiger partial charge in [0.25, 0.3) is 5.91 Å². The maximum atomic E-state index is 12.2. The lowest BCUT2D eigenvalue weighted by atomic mass is 10.1. The third-order valence-electron chi connectivity index (χ3n) is 3.18. The molecule has 6 nitrogen and oxygen atoms in total. The predicted molar refractivity (Wildman–Crippen MR) is 102 cm³/mol. The quantitative estimate of drug-likeness (QED) is 0.461. The summed E-state index contributed by atoms with van der Waals surface area (Å²) >= 11 is 1.92. The number of carboxylic acid groups (broad SMARTS) is 1. The minimum absolute atomic E-state index is 0.00945. The van der Waals surface area contributed by atoms with Crippen molar-refractivity contribution in [2.75, 3.05) is 6.61 Å². The molecule has 0 aliphatic heterocycles. The van der Waals surface area contributed by atoms with Crippen LogP contribution < -0.4 is 10.1 Å². The molecule has 0 saturated heterocycles. The zero-order valence-electron chi connectivity index (χ0n) is 13.3. The number of amides is 1. The molecule has 25 heavy (non-hydrogen) atoms. The van der Waals surface area contributed by atoms with E-state index in [2.05, 4.69) is 5.32 Å². The van der Waals surface area contributed by atoms with Crippen LogP contribution in [0.15, 0.2) is 48.2 Å². The lowest BCUT2D eigenvalue weighted by Gasteiger charge is -2.10. The minimum atomic E-state index is -1.27. The van der Waals surface area contributed by atoms with E-state index in [0.717, 1.165) is 0 Å². The van der Waals surface area contributed by atoms with Crippen LogP contribution in [0.25, 0.3) is 6.08 Å². The Bertz CT molecular complexity index is 818. The summed E-state index contributed by atoms with van der Waals surface area (Å²) in [7, 11) is 0. The van der Waals surface area contributed by atoms with Crippen molar-refractivity contribution in [3.8, 4) is 11.5 Å². The van der Waals surface area contributed by atoms with Crippen molar-refractivity contribution < 1.29 is 24.5 Å². The Hall–Kier alpha value is -2.55. The van der Waals surface area contributed by atoms with Crippen molar-refractivity contribution in [2.45, 2.75) is 6.92 Å². The molecule has 7 heteroatoms. The molecule has 0 spiro atoms. The second kappa shape index (κ2) is 8.52. The molecule has 130 valence electrons. The summed E-state index contributed by atoms with van der Waals surface area (Å²) in [4.78, 5) is 23.6. The molecule has 0 saturated carbocycles. The summed E-state index contributed by atoms with van der Waals surface area (Å²) < 4.78 is 5.84. The number of hydrogen-bond acceptors (Lipinski definition) is 4. The van der Waals surface area contributed by atoms with Gasteiger partial charge in [0.2, 0.25) is 0 Å². The maximum absolute atomic E-state index is 12.2. The zero-order valence-corrected chi connectivity index (χ0v) is 15.5. The average Bonchev–Trinajstić information content (AvgIpc) is 2.59. The average molecular weight is 453 g/mol. The summed E-state index contributed by atoms with van der Waals surface area (Å²) in [5.41, 5.74) is 0.555. The van der Waals surface area contributed by atoms with E-state index in [0.29, 0.717) is 21.3 Å². The van der Waals surface area contributed by atoms with Gasteiger partial charge in [-0.25, -0.2) is 4.79 Å². The van der Waals surface area contributed by atoms with Crippen LogP contribution in [0.5, 0.6) is 11.5 Å². The van der Waals surface area contributed by atoms with E-state index in [4.69, 9.17) is 4.74 Å². The number of aliphatic carboxylic acids is 1. The van der Waals surface area contributed by atoms with Crippen molar-refractivity contribution in [3.05, 3.63) is 62.9 Å². The van der Waals surface area contributed by atoms with Crippen molar-refractivity contribution in [2.24, 2.45) is 0 Å². The first-order valence-corrected chi connectivity index (χ1v) is 8.47. The van der Waals surface area contributed by atoms with E-state index in [1.54, 1.807) is 43.3 Å². The lowest BCUT2D eigenvalue weighted by molar-refractivity contribution is -0.132. The number of phenolic OH excluding ortho intramolecular Hbond substituents is 1. The number of rotatable bonds is 6. The molecular weight excluding hydrogens is 437 g/mol. The third kappa shape index (κ3) is 4.96. The van der Waals surface area contributed by atoms with Crippen LogP contribution in [-0.2, 0) is 4.79 Å². The Balaban J connectivity index is 2.34. The van der Waals surface area contributed by atoms with Crippen molar-refractivity contribution in [1.82, 2.24) is 5.32 Å². The van der Waals surface area contributed by atoms with Crippen LogP contribution in [0, 0.1) is 3.57 Å². The first kappa shape index (κ1) is 18.8. The summed E-state index contributed by atoms with van der Waals surface area (Å²) in [5.74, 6) is -1.55. The van der Waals surface area contributed by atoms with Gasteiger partial charge in [0.15, 0.2) is 11.5 Å². The van der Waals surface area contributed by atoms with Crippen molar-refractivity contribution in [3.63, 3.8) is 0 Å². The molecule has 0 unspecified atom stereocenters. The Kier molecular flexibility index (Phi) is 6.40. The molecule has 2 aromatic rings. The van der Waals surface area contributed by atoms with Crippen LogP contribution in [0.2, 0.25) is 0 Å². The standard InChI is InChI=1S/C18H16INO5/c1-2-25-15-10-11(8-13(19)16(15)21)9-14(18(23)24)20-17(22)12-6-4-3-5-7-12/h3-10,21H,2H2,1H3,(H,20,22)(H,23,24)/b14-9+. The van der Waals surface area contributed by atoms with Crippen LogP contribution in [0.1, 0.15) is 22.8 Å². The molecule has 0 bridgehead atoms. The van der Waals surface area contributed by atoms with E-state index in [1.807, 2.05) is 22.6 Å². The van der Waals surface area contributed by atoms with Gasteiger partial charge in [0, 0.05) is 5.56 Å². The number of nitrogens with one attached hydrogen (secondary N) is 1. The predicted octanol–water partition coefficient (Wildman–Crippen LogP) is 3.25. The molecule has 0 aromatic heterocycles. The number of ether oxygens (including phenoxy) is 1. The largest absolute Gasteiger partial charge is 0.504 e. The first-order chi connectivity index (χ1) is 11.9. The monoisotopic (exact) mass is 453 g/mol. The number of benzene rings is 2. The fourth-order valence-electron chi connectivity index (χ4n) is 2.04. The molecule has 0 atom stereocenters. The smallest absolute Gasteiger partial charge is 0.352 e.